The second-order valence-corrected chi connectivity index (χ2v) is 8.37. The lowest BCUT2D eigenvalue weighted by Crippen LogP contribution is -2.40. The van der Waals surface area contributed by atoms with Crippen molar-refractivity contribution in [1.29, 1.82) is 0 Å². The molecule has 0 heterocycles. The molecule has 0 unspecified atom stereocenters. The van der Waals surface area contributed by atoms with Crippen LogP contribution in [-0.4, -0.2) is 23.1 Å². The average molecular weight is 391 g/mol. The largest absolute Gasteiger partial charge is 0.347 e. The monoisotopic (exact) mass is 390 g/mol. The Morgan fingerprint density at radius 1 is 1.08 bits per heavy atom. The number of amides is 2. The lowest BCUT2D eigenvalue weighted by atomic mass is 10.1. The molecule has 0 fully saturated rings. The van der Waals surface area contributed by atoms with Crippen molar-refractivity contribution >= 4 is 40.9 Å². The molecule has 0 spiro atoms. The first-order chi connectivity index (χ1) is 12.2. The van der Waals surface area contributed by atoms with Gasteiger partial charge in [0.15, 0.2) is 0 Å². The van der Waals surface area contributed by atoms with Crippen LogP contribution >= 0.6 is 23.4 Å². The summed E-state index contributed by atoms with van der Waals surface area (Å²) in [6.07, 6.45) is 0. The highest BCUT2D eigenvalue weighted by atomic mass is 35.5. The quantitative estimate of drug-likeness (QED) is 0.748. The van der Waals surface area contributed by atoms with Gasteiger partial charge in [-0.05, 0) is 56.7 Å². The zero-order valence-electron chi connectivity index (χ0n) is 15.1. The maximum absolute atomic E-state index is 12.2. The molecule has 26 heavy (non-hydrogen) atoms. The van der Waals surface area contributed by atoms with Gasteiger partial charge in [0.25, 0.3) is 5.91 Å². The van der Waals surface area contributed by atoms with E-state index in [0.717, 1.165) is 11.3 Å². The summed E-state index contributed by atoms with van der Waals surface area (Å²) in [4.78, 5) is 24.3. The average Bonchev–Trinajstić information content (AvgIpc) is 2.55. The van der Waals surface area contributed by atoms with Crippen LogP contribution in [0.5, 0.6) is 0 Å². The molecule has 138 valence electrons. The fourth-order valence-electron chi connectivity index (χ4n) is 2.19. The number of hydrogen-bond acceptors (Lipinski definition) is 3. The van der Waals surface area contributed by atoms with Gasteiger partial charge in [-0.1, -0.05) is 29.8 Å². The SMILES string of the molecule is CC(C)(C)NC(=O)c1cccc(NC(=O)CSCc2ccc(Cl)cc2)c1. The molecule has 2 N–H and O–H groups in total. The first kappa shape index (κ1) is 20.3. The summed E-state index contributed by atoms with van der Waals surface area (Å²) in [6, 6.07) is 14.5. The number of nitrogens with one attached hydrogen (secondary N) is 2. The number of halogens is 1. The fourth-order valence-corrected chi connectivity index (χ4v) is 3.10. The van der Waals surface area contributed by atoms with E-state index in [4.69, 9.17) is 11.6 Å². The Hall–Kier alpha value is -1.98. The molecule has 0 atom stereocenters. The minimum Gasteiger partial charge on any atom is -0.347 e. The molecule has 0 aliphatic rings. The second kappa shape index (κ2) is 9.10. The maximum Gasteiger partial charge on any atom is 0.251 e. The van der Waals surface area contributed by atoms with Gasteiger partial charge in [-0.3, -0.25) is 9.59 Å². The van der Waals surface area contributed by atoms with Gasteiger partial charge in [0.2, 0.25) is 5.91 Å². The van der Waals surface area contributed by atoms with Crippen molar-refractivity contribution in [3.63, 3.8) is 0 Å². The molecule has 0 radical (unpaired) electrons. The topological polar surface area (TPSA) is 58.2 Å². The summed E-state index contributed by atoms with van der Waals surface area (Å²) in [6.45, 7) is 5.78. The van der Waals surface area contributed by atoms with E-state index in [0.29, 0.717) is 22.0 Å². The van der Waals surface area contributed by atoms with E-state index >= 15 is 0 Å². The van der Waals surface area contributed by atoms with Crippen LogP contribution in [0.3, 0.4) is 0 Å². The number of carbonyl (C=O) groups is 2. The van der Waals surface area contributed by atoms with Crippen LogP contribution in [0, 0.1) is 0 Å². The fraction of sp³-hybridized carbons (Fsp3) is 0.300. The molecule has 0 saturated heterocycles. The normalized spacial score (nSPS) is 11.1. The predicted molar refractivity (Wildman–Crippen MR) is 110 cm³/mol. The third kappa shape index (κ3) is 7.10. The van der Waals surface area contributed by atoms with Crippen molar-refractivity contribution in [2.75, 3.05) is 11.1 Å². The molecular weight excluding hydrogens is 368 g/mol. The highest BCUT2D eigenvalue weighted by Gasteiger charge is 2.15. The minimum atomic E-state index is -0.311. The number of thioether (sulfide) groups is 1. The lowest BCUT2D eigenvalue weighted by molar-refractivity contribution is -0.113. The number of rotatable bonds is 6. The molecule has 2 amide bonds. The van der Waals surface area contributed by atoms with Gasteiger partial charge in [-0.25, -0.2) is 0 Å². The first-order valence-electron chi connectivity index (χ1n) is 8.27. The summed E-state index contributed by atoms with van der Waals surface area (Å²) < 4.78 is 0. The van der Waals surface area contributed by atoms with Gasteiger partial charge < -0.3 is 10.6 Å². The van der Waals surface area contributed by atoms with E-state index < -0.39 is 0 Å². The van der Waals surface area contributed by atoms with Crippen LogP contribution in [0.4, 0.5) is 5.69 Å². The van der Waals surface area contributed by atoms with Crippen molar-refractivity contribution in [2.24, 2.45) is 0 Å². The molecular formula is C20H23ClN2O2S. The number of benzene rings is 2. The molecule has 0 bridgehead atoms. The van der Waals surface area contributed by atoms with E-state index in [9.17, 15) is 9.59 Å². The van der Waals surface area contributed by atoms with Crippen LogP contribution in [0.2, 0.25) is 5.02 Å². The Morgan fingerprint density at radius 2 is 1.77 bits per heavy atom. The van der Waals surface area contributed by atoms with Crippen molar-refractivity contribution < 1.29 is 9.59 Å². The highest BCUT2D eigenvalue weighted by Crippen LogP contribution is 2.17. The smallest absolute Gasteiger partial charge is 0.251 e. The van der Waals surface area contributed by atoms with Gasteiger partial charge in [-0.15, -0.1) is 11.8 Å². The summed E-state index contributed by atoms with van der Waals surface area (Å²) in [5, 5.41) is 6.44. The van der Waals surface area contributed by atoms with Gasteiger partial charge in [0, 0.05) is 27.6 Å². The third-order valence-corrected chi connectivity index (χ3v) is 4.57. The van der Waals surface area contributed by atoms with E-state index in [1.807, 2.05) is 45.0 Å². The number of hydrogen-bond donors (Lipinski definition) is 2. The van der Waals surface area contributed by atoms with Crippen LogP contribution in [-0.2, 0) is 10.5 Å². The molecule has 4 nitrogen and oxygen atoms in total. The summed E-state index contributed by atoms with van der Waals surface area (Å²) in [5.41, 5.74) is 1.94. The van der Waals surface area contributed by atoms with Crippen molar-refractivity contribution in [2.45, 2.75) is 32.1 Å². The molecule has 2 aromatic rings. The van der Waals surface area contributed by atoms with E-state index in [1.165, 1.54) is 11.8 Å². The lowest BCUT2D eigenvalue weighted by Gasteiger charge is -2.20. The van der Waals surface area contributed by atoms with Crippen molar-refractivity contribution in [3.05, 3.63) is 64.7 Å². The zero-order chi connectivity index (χ0) is 19.2. The van der Waals surface area contributed by atoms with Crippen LogP contribution < -0.4 is 10.6 Å². The Labute approximate surface area is 163 Å². The van der Waals surface area contributed by atoms with E-state index in [2.05, 4.69) is 10.6 Å². The Kier molecular flexibility index (Phi) is 7.12. The van der Waals surface area contributed by atoms with Gasteiger partial charge >= 0.3 is 0 Å². The predicted octanol–water partition coefficient (Wildman–Crippen LogP) is 4.74. The number of anilines is 1. The van der Waals surface area contributed by atoms with Crippen molar-refractivity contribution in [3.8, 4) is 0 Å². The Bertz CT molecular complexity index is 770. The molecule has 0 aliphatic carbocycles. The van der Waals surface area contributed by atoms with Crippen LogP contribution in [0.15, 0.2) is 48.5 Å². The first-order valence-corrected chi connectivity index (χ1v) is 9.81. The minimum absolute atomic E-state index is 0.0997. The Balaban J connectivity index is 1.85. The molecule has 0 saturated carbocycles. The van der Waals surface area contributed by atoms with Gasteiger partial charge in [-0.2, -0.15) is 0 Å². The summed E-state index contributed by atoms with van der Waals surface area (Å²) in [7, 11) is 0. The summed E-state index contributed by atoms with van der Waals surface area (Å²) >= 11 is 7.38. The molecule has 2 aromatic carbocycles. The second-order valence-electron chi connectivity index (χ2n) is 6.95. The summed E-state index contributed by atoms with van der Waals surface area (Å²) in [5.74, 6) is 0.808. The van der Waals surface area contributed by atoms with Crippen molar-refractivity contribution in [1.82, 2.24) is 5.32 Å². The maximum atomic E-state index is 12.2. The Morgan fingerprint density at radius 3 is 2.42 bits per heavy atom. The zero-order valence-corrected chi connectivity index (χ0v) is 16.7. The number of carbonyl (C=O) groups excluding carboxylic acids is 2. The van der Waals surface area contributed by atoms with Gasteiger partial charge in [0.1, 0.15) is 0 Å². The molecule has 6 heteroatoms. The molecule has 0 aliphatic heterocycles. The highest BCUT2D eigenvalue weighted by molar-refractivity contribution is 7.99. The molecule has 2 rings (SSSR count). The standard InChI is InChI=1S/C20H23ClN2O2S/c1-20(2,3)23-19(25)15-5-4-6-17(11-15)22-18(24)13-26-12-14-7-9-16(21)10-8-14/h4-11H,12-13H2,1-3H3,(H,22,24)(H,23,25). The van der Waals surface area contributed by atoms with E-state index in [1.54, 1.807) is 24.3 Å². The third-order valence-electron chi connectivity index (χ3n) is 3.31. The molecule has 0 aromatic heterocycles. The van der Waals surface area contributed by atoms with Crippen LogP contribution in [0.25, 0.3) is 0 Å². The van der Waals surface area contributed by atoms with Gasteiger partial charge in [0.05, 0.1) is 5.75 Å². The van der Waals surface area contributed by atoms with E-state index in [-0.39, 0.29) is 17.4 Å². The van der Waals surface area contributed by atoms with Crippen LogP contribution in [0.1, 0.15) is 36.7 Å².